The molecule has 0 bridgehead atoms. The average Bonchev–Trinajstić information content (AvgIpc) is 2.48. The third kappa shape index (κ3) is 3.52. The summed E-state index contributed by atoms with van der Waals surface area (Å²) in [6.07, 6.45) is 3.36. The molecule has 3 rings (SSSR count). The molecule has 0 amide bonds. The lowest BCUT2D eigenvalue weighted by Gasteiger charge is -2.17. The fourth-order valence-electron chi connectivity index (χ4n) is 2.53. The topological polar surface area (TPSA) is 37.8 Å². The molecule has 0 saturated carbocycles. The SMILES string of the molecule is Cc1cc(C)nc(Sc2ccccc2C2=CCNCC2)n1. The number of nitrogens with one attached hydrogen (secondary N) is 1. The third-order valence-electron chi connectivity index (χ3n) is 3.46. The van der Waals surface area contributed by atoms with E-state index in [1.54, 1.807) is 11.8 Å². The molecular formula is C17H19N3S. The minimum absolute atomic E-state index is 0.828. The van der Waals surface area contributed by atoms with E-state index < -0.39 is 0 Å². The normalized spacial score (nSPS) is 14.9. The highest BCUT2D eigenvalue weighted by molar-refractivity contribution is 7.99. The zero-order valence-corrected chi connectivity index (χ0v) is 13.2. The summed E-state index contributed by atoms with van der Waals surface area (Å²) in [7, 11) is 0. The molecule has 1 aromatic carbocycles. The van der Waals surface area contributed by atoms with E-state index in [0.717, 1.165) is 36.1 Å². The van der Waals surface area contributed by atoms with Gasteiger partial charge in [0.15, 0.2) is 5.16 Å². The van der Waals surface area contributed by atoms with Crippen LogP contribution in [0.2, 0.25) is 0 Å². The van der Waals surface area contributed by atoms with Gasteiger partial charge in [-0.2, -0.15) is 0 Å². The van der Waals surface area contributed by atoms with Gasteiger partial charge in [0.25, 0.3) is 0 Å². The van der Waals surface area contributed by atoms with Crippen LogP contribution in [-0.4, -0.2) is 23.1 Å². The van der Waals surface area contributed by atoms with Gasteiger partial charge in [0, 0.05) is 22.8 Å². The monoisotopic (exact) mass is 297 g/mol. The van der Waals surface area contributed by atoms with Crippen LogP contribution in [0.4, 0.5) is 0 Å². The zero-order chi connectivity index (χ0) is 14.7. The van der Waals surface area contributed by atoms with Crippen molar-refractivity contribution in [3.05, 3.63) is 53.4 Å². The van der Waals surface area contributed by atoms with Gasteiger partial charge in [-0.15, -0.1) is 0 Å². The molecule has 21 heavy (non-hydrogen) atoms. The van der Waals surface area contributed by atoms with Crippen LogP contribution in [0, 0.1) is 13.8 Å². The molecule has 0 atom stereocenters. The Hall–Kier alpha value is -1.65. The molecule has 2 heterocycles. The van der Waals surface area contributed by atoms with Crippen molar-refractivity contribution >= 4 is 17.3 Å². The molecule has 1 aliphatic rings. The van der Waals surface area contributed by atoms with Crippen LogP contribution >= 0.6 is 11.8 Å². The number of hydrogen-bond donors (Lipinski definition) is 1. The largest absolute Gasteiger partial charge is 0.313 e. The molecule has 0 spiro atoms. The molecule has 1 N–H and O–H groups in total. The van der Waals surface area contributed by atoms with Gasteiger partial charge in [-0.1, -0.05) is 24.3 Å². The molecule has 0 saturated heterocycles. The maximum absolute atomic E-state index is 4.54. The van der Waals surface area contributed by atoms with Gasteiger partial charge in [0.1, 0.15) is 0 Å². The van der Waals surface area contributed by atoms with Crippen molar-refractivity contribution in [1.29, 1.82) is 0 Å². The molecule has 1 aliphatic heterocycles. The zero-order valence-electron chi connectivity index (χ0n) is 12.4. The minimum atomic E-state index is 0.828. The standard InChI is InChI=1S/C17H19N3S/c1-12-11-13(2)20-17(19-12)21-16-6-4-3-5-15(16)14-7-9-18-10-8-14/h3-7,11,18H,8-10H2,1-2H3. The fourth-order valence-corrected chi connectivity index (χ4v) is 3.56. The van der Waals surface area contributed by atoms with E-state index in [0.29, 0.717) is 0 Å². The van der Waals surface area contributed by atoms with Crippen molar-refractivity contribution in [1.82, 2.24) is 15.3 Å². The summed E-state index contributed by atoms with van der Waals surface area (Å²) in [5.41, 5.74) is 4.76. The van der Waals surface area contributed by atoms with Crippen molar-refractivity contribution in [3.8, 4) is 0 Å². The van der Waals surface area contributed by atoms with Crippen LogP contribution in [0.5, 0.6) is 0 Å². The molecule has 2 aromatic rings. The predicted molar refractivity (Wildman–Crippen MR) is 87.5 cm³/mol. The first kappa shape index (κ1) is 14.3. The molecular weight excluding hydrogens is 278 g/mol. The molecule has 4 heteroatoms. The van der Waals surface area contributed by atoms with Gasteiger partial charge in [-0.05, 0) is 61.8 Å². The Morgan fingerprint density at radius 2 is 1.86 bits per heavy atom. The molecule has 108 valence electrons. The third-order valence-corrected chi connectivity index (χ3v) is 4.40. The molecule has 0 aliphatic carbocycles. The lowest BCUT2D eigenvalue weighted by molar-refractivity contribution is 0.737. The summed E-state index contributed by atoms with van der Waals surface area (Å²) in [4.78, 5) is 10.3. The second-order valence-corrected chi connectivity index (χ2v) is 6.22. The molecule has 0 fully saturated rings. The van der Waals surface area contributed by atoms with Gasteiger partial charge in [0.2, 0.25) is 0 Å². The minimum Gasteiger partial charge on any atom is -0.313 e. The Labute approximate surface area is 129 Å². The summed E-state index contributed by atoms with van der Waals surface area (Å²) in [5, 5.41) is 4.19. The maximum atomic E-state index is 4.54. The number of rotatable bonds is 3. The van der Waals surface area contributed by atoms with Gasteiger partial charge < -0.3 is 5.32 Å². The molecule has 3 nitrogen and oxygen atoms in total. The Morgan fingerprint density at radius 1 is 1.10 bits per heavy atom. The second-order valence-electron chi connectivity index (χ2n) is 5.21. The van der Waals surface area contributed by atoms with E-state index in [9.17, 15) is 0 Å². The Kier molecular flexibility index (Phi) is 4.36. The van der Waals surface area contributed by atoms with Crippen molar-refractivity contribution in [2.45, 2.75) is 30.3 Å². The van der Waals surface area contributed by atoms with Crippen molar-refractivity contribution in [2.24, 2.45) is 0 Å². The fraction of sp³-hybridized carbons (Fsp3) is 0.294. The average molecular weight is 297 g/mol. The first-order valence-electron chi connectivity index (χ1n) is 7.21. The summed E-state index contributed by atoms with van der Waals surface area (Å²) >= 11 is 1.65. The van der Waals surface area contributed by atoms with E-state index in [-0.39, 0.29) is 0 Å². The van der Waals surface area contributed by atoms with E-state index in [2.05, 4.69) is 45.6 Å². The maximum Gasteiger partial charge on any atom is 0.192 e. The highest BCUT2D eigenvalue weighted by atomic mass is 32.2. The number of aromatic nitrogens is 2. The van der Waals surface area contributed by atoms with Gasteiger partial charge in [-0.25, -0.2) is 9.97 Å². The summed E-state index contributed by atoms with van der Waals surface area (Å²) in [6, 6.07) is 10.5. The van der Waals surface area contributed by atoms with Crippen molar-refractivity contribution in [2.75, 3.05) is 13.1 Å². The van der Waals surface area contributed by atoms with Gasteiger partial charge >= 0.3 is 0 Å². The highest BCUT2D eigenvalue weighted by Gasteiger charge is 2.12. The quantitative estimate of drug-likeness (QED) is 0.878. The van der Waals surface area contributed by atoms with E-state index in [4.69, 9.17) is 0 Å². The number of hydrogen-bond acceptors (Lipinski definition) is 4. The van der Waals surface area contributed by atoms with Gasteiger partial charge in [0.05, 0.1) is 0 Å². The van der Waals surface area contributed by atoms with E-state index >= 15 is 0 Å². The molecule has 0 radical (unpaired) electrons. The lowest BCUT2D eigenvalue weighted by atomic mass is 10.0. The Balaban J connectivity index is 1.93. The predicted octanol–water partition coefficient (Wildman–Crippen LogP) is 3.62. The first-order chi connectivity index (χ1) is 10.2. The summed E-state index contributed by atoms with van der Waals surface area (Å²) in [5.74, 6) is 0. The molecule has 0 unspecified atom stereocenters. The number of aryl methyl sites for hydroxylation is 2. The highest BCUT2D eigenvalue weighted by Crippen LogP contribution is 2.33. The number of nitrogens with zero attached hydrogens (tertiary/aromatic N) is 2. The van der Waals surface area contributed by atoms with Crippen LogP contribution < -0.4 is 5.32 Å². The summed E-state index contributed by atoms with van der Waals surface area (Å²) < 4.78 is 0. The van der Waals surface area contributed by atoms with Crippen LogP contribution in [0.1, 0.15) is 23.4 Å². The Morgan fingerprint density at radius 3 is 2.57 bits per heavy atom. The van der Waals surface area contributed by atoms with Gasteiger partial charge in [-0.3, -0.25) is 0 Å². The van der Waals surface area contributed by atoms with E-state index in [1.165, 1.54) is 16.0 Å². The lowest BCUT2D eigenvalue weighted by Crippen LogP contribution is -2.20. The molecule has 1 aromatic heterocycles. The van der Waals surface area contributed by atoms with Crippen LogP contribution in [0.25, 0.3) is 5.57 Å². The first-order valence-corrected chi connectivity index (χ1v) is 8.03. The van der Waals surface area contributed by atoms with Crippen molar-refractivity contribution < 1.29 is 0 Å². The van der Waals surface area contributed by atoms with E-state index in [1.807, 2.05) is 19.9 Å². The smallest absolute Gasteiger partial charge is 0.192 e. The number of benzene rings is 1. The van der Waals surface area contributed by atoms with Crippen molar-refractivity contribution in [3.63, 3.8) is 0 Å². The van der Waals surface area contributed by atoms with Crippen LogP contribution in [0.3, 0.4) is 0 Å². The van der Waals surface area contributed by atoms with Crippen LogP contribution in [0.15, 0.2) is 46.5 Å². The second kappa shape index (κ2) is 6.41. The Bertz CT molecular complexity index is 659. The van der Waals surface area contributed by atoms with Crippen LogP contribution in [-0.2, 0) is 0 Å². The summed E-state index contributed by atoms with van der Waals surface area (Å²) in [6.45, 7) is 6.03.